The molecule has 24 heavy (non-hydrogen) atoms. The van der Waals surface area contributed by atoms with Gasteiger partial charge in [-0.3, -0.25) is 4.79 Å². The highest BCUT2D eigenvalue weighted by Crippen LogP contribution is 2.59. The summed E-state index contributed by atoms with van der Waals surface area (Å²) in [5, 5.41) is 17.7. The van der Waals surface area contributed by atoms with Crippen molar-refractivity contribution in [3.05, 3.63) is 21.9 Å². The van der Waals surface area contributed by atoms with Crippen LogP contribution in [-0.2, 0) is 11.3 Å². The normalized spacial score (nSPS) is 33.6. The number of carbonyl (C=O) groups excluding carboxylic acids is 1. The molecule has 0 radical (unpaired) electrons. The molecule has 4 fully saturated rings. The number of aryl methyl sites for hydroxylation is 1. The zero-order valence-corrected chi connectivity index (χ0v) is 14.0. The number of hydrogen-bond donors (Lipinski definition) is 1. The van der Waals surface area contributed by atoms with Gasteiger partial charge < -0.3 is 15.4 Å². The molecule has 130 valence electrons. The van der Waals surface area contributed by atoms with Gasteiger partial charge in [0, 0.05) is 6.54 Å². The first-order valence-corrected chi connectivity index (χ1v) is 8.88. The molecule has 0 spiro atoms. The van der Waals surface area contributed by atoms with Crippen LogP contribution in [0.2, 0.25) is 0 Å². The lowest BCUT2D eigenvalue weighted by molar-refractivity contribution is -0.389. The molecule has 1 N–H and O–H groups in total. The van der Waals surface area contributed by atoms with E-state index in [0.717, 1.165) is 24.3 Å². The van der Waals surface area contributed by atoms with Crippen LogP contribution in [-0.4, -0.2) is 27.2 Å². The topological polar surface area (TPSA) is 90.1 Å². The van der Waals surface area contributed by atoms with E-state index in [-0.39, 0.29) is 18.3 Å². The van der Waals surface area contributed by atoms with Crippen LogP contribution >= 0.6 is 0 Å². The van der Waals surface area contributed by atoms with Crippen LogP contribution in [0.4, 0.5) is 5.82 Å². The fourth-order valence-electron chi connectivity index (χ4n) is 5.73. The molecule has 0 aromatic carbocycles. The average Bonchev–Trinajstić information content (AvgIpc) is 2.85. The second-order valence-corrected chi connectivity index (χ2v) is 8.25. The van der Waals surface area contributed by atoms with Crippen molar-refractivity contribution >= 4 is 11.7 Å². The van der Waals surface area contributed by atoms with Gasteiger partial charge in [-0.05, 0) is 73.5 Å². The molecule has 4 bridgehead atoms. The summed E-state index contributed by atoms with van der Waals surface area (Å²) in [4.78, 5) is 22.5. The number of rotatable bonds is 5. The summed E-state index contributed by atoms with van der Waals surface area (Å²) >= 11 is 0. The zero-order chi connectivity index (χ0) is 16.9. The molecule has 7 heteroatoms. The van der Waals surface area contributed by atoms with E-state index < -0.39 is 4.92 Å². The third-order valence-corrected chi connectivity index (χ3v) is 6.27. The van der Waals surface area contributed by atoms with Gasteiger partial charge in [-0.25, -0.2) is 0 Å². The zero-order valence-electron chi connectivity index (χ0n) is 14.0. The van der Waals surface area contributed by atoms with Gasteiger partial charge in [-0.15, -0.1) is 0 Å². The number of nitro groups is 1. The first-order chi connectivity index (χ1) is 11.4. The van der Waals surface area contributed by atoms with Gasteiger partial charge in [0.1, 0.15) is 6.54 Å². The highest BCUT2D eigenvalue weighted by Gasteiger charge is 2.50. The Morgan fingerprint density at radius 1 is 1.33 bits per heavy atom. The van der Waals surface area contributed by atoms with Crippen LogP contribution in [0.15, 0.2) is 6.07 Å². The van der Waals surface area contributed by atoms with Crippen molar-refractivity contribution in [2.24, 2.45) is 23.2 Å². The van der Waals surface area contributed by atoms with Gasteiger partial charge in [0.05, 0.1) is 16.9 Å². The summed E-state index contributed by atoms with van der Waals surface area (Å²) in [6.45, 7) is 2.52. The number of nitrogens with zero attached hydrogens (tertiary/aromatic N) is 3. The minimum Gasteiger partial charge on any atom is -0.358 e. The molecule has 0 unspecified atom stereocenters. The number of hydrogen-bond acceptors (Lipinski definition) is 4. The molecule has 1 amide bonds. The fourth-order valence-corrected chi connectivity index (χ4v) is 5.73. The Labute approximate surface area is 140 Å². The third kappa shape index (κ3) is 2.80. The highest BCUT2D eigenvalue weighted by atomic mass is 16.6. The van der Waals surface area contributed by atoms with E-state index in [1.807, 2.05) is 0 Å². The summed E-state index contributed by atoms with van der Waals surface area (Å²) in [5.74, 6) is 2.28. The van der Waals surface area contributed by atoms with E-state index in [0.29, 0.717) is 11.1 Å². The Bertz CT molecular complexity index is 646. The Morgan fingerprint density at radius 3 is 2.42 bits per heavy atom. The summed E-state index contributed by atoms with van der Waals surface area (Å²) in [6, 6.07) is 1.40. The fraction of sp³-hybridized carbons (Fsp3) is 0.765. The Morgan fingerprint density at radius 2 is 1.92 bits per heavy atom. The molecule has 1 aromatic heterocycles. The lowest BCUT2D eigenvalue weighted by Gasteiger charge is -2.56. The largest absolute Gasteiger partial charge is 0.390 e. The maximum absolute atomic E-state index is 12.3. The molecule has 0 atom stereocenters. The van der Waals surface area contributed by atoms with Gasteiger partial charge in [0.2, 0.25) is 5.91 Å². The van der Waals surface area contributed by atoms with E-state index in [9.17, 15) is 14.9 Å². The standard InChI is InChI=1S/C17H24N4O3/c1-11-2-15(21(23)24)19-20(11)9-16(22)18-10-17-6-12-3-13(7-17)5-14(4-12)8-17/h2,12-14H,3-10H2,1H3,(H,18,22). The van der Waals surface area contributed by atoms with Gasteiger partial charge in [0.15, 0.2) is 0 Å². The predicted molar refractivity (Wildman–Crippen MR) is 87.2 cm³/mol. The third-order valence-electron chi connectivity index (χ3n) is 6.27. The van der Waals surface area contributed by atoms with Crippen LogP contribution in [0.1, 0.15) is 44.2 Å². The van der Waals surface area contributed by atoms with Crippen LogP contribution in [0.5, 0.6) is 0 Å². The molecule has 4 saturated carbocycles. The van der Waals surface area contributed by atoms with Crippen molar-refractivity contribution in [3.63, 3.8) is 0 Å². The Kier molecular flexibility index (Phi) is 3.62. The van der Waals surface area contributed by atoms with E-state index in [2.05, 4.69) is 10.4 Å². The van der Waals surface area contributed by atoms with Crippen LogP contribution in [0.3, 0.4) is 0 Å². The van der Waals surface area contributed by atoms with Crippen molar-refractivity contribution in [2.75, 3.05) is 6.54 Å². The second kappa shape index (κ2) is 5.57. The predicted octanol–water partition coefficient (Wildman–Crippen LogP) is 2.43. The molecule has 0 aliphatic heterocycles. The van der Waals surface area contributed by atoms with Crippen molar-refractivity contribution in [1.82, 2.24) is 15.1 Å². The van der Waals surface area contributed by atoms with E-state index in [4.69, 9.17) is 0 Å². The van der Waals surface area contributed by atoms with Crippen LogP contribution in [0.25, 0.3) is 0 Å². The van der Waals surface area contributed by atoms with E-state index in [1.165, 1.54) is 49.3 Å². The van der Waals surface area contributed by atoms with Crippen LogP contribution in [0, 0.1) is 40.2 Å². The van der Waals surface area contributed by atoms with E-state index >= 15 is 0 Å². The van der Waals surface area contributed by atoms with Crippen molar-refractivity contribution in [2.45, 2.75) is 52.0 Å². The summed E-state index contributed by atoms with van der Waals surface area (Å²) in [6.07, 6.45) is 7.94. The number of aromatic nitrogens is 2. The average molecular weight is 332 g/mol. The van der Waals surface area contributed by atoms with Crippen molar-refractivity contribution < 1.29 is 9.72 Å². The molecule has 7 nitrogen and oxygen atoms in total. The lowest BCUT2D eigenvalue weighted by atomic mass is 9.49. The number of amides is 1. The molecule has 0 saturated heterocycles. The first kappa shape index (κ1) is 15.6. The lowest BCUT2D eigenvalue weighted by Crippen LogP contribution is -2.51. The maximum atomic E-state index is 12.3. The monoisotopic (exact) mass is 332 g/mol. The SMILES string of the molecule is Cc1cc([N+](=O)[O-])nn1CC(=O)NCC12CC3CC(CC(C3)C1)C2. The molecule has 1 heterocycles. The number of nitrogens with one attached hydrogen (secondary N) is 1. The maximum Gasteiger partial charge on any atom is 0.390 e. The smallest absolute Gasteiger partial charge is 0.358 e. The second-order valence-electron chi connectivity index (χ2n) is 8.25. The van der Waals surface area contributed by atoms with Gasteiger partial charge >= 0.3 is 5.82 Å². The quantitative estimate of drug-likeness (QED) is 0.662. The van der Waals surface area contributed by atoms with Gasteiger partial charge in [-0.1, -0.05) is 0 Å². The Balaban J connectivity index is 1.36. The van der Waals surface area contributed by atoms with Gasteiger partial charge in [0.25, 0.3) is 0 Å². The van der Waals surface area contributed by atoms with Crippen LogP contribution < -0.4 is 5.32 Å². The molecule has 1 aromatic rings. The van der Waals surface area contributed by atoms with Gasteiger partial charge in [-0.2, -0.15) is 4.68 Å². The summed E-state index contributed by atoms with van der Waals surface area (Å²) < 4.78 is 1.41. The first-order valence-electron chi connectivity index (χ1n) is 8.88. The molecule has 4 aliphatic rings. The minimum absolute atomic E-state index is 0.0477. The Hall–Kier alpha value is -1.92. The molecular weight excluding hydrogens is 308 g/mol. The van der Waals surface area contributed by atoms with Crippen molar-refractivity contribution in [3.8, 4) is 0 Å². The molecule has 4 aliphatic carbocycles. The van der Waals surface area contributed by atoms with Crippen molar-refractivity contribution in [1.29, 1.82) is 0 Å². The number of carbonyl (C=O) groups is 1. The summed E-state index contributed by atoms with van der Waals surface area (Å²) in [5.41, 5.74) is 0.932. The molecular formula is C17H24N4O3. The minimum atomic E-state index is -0.531. The highest BCUT2D eigenvalue weighted by molar-refractivity contribution is 5.75. The summed E-state index contributed by atoms with van der Waals surface area (Å²) in [7, 11) is 0. The van der Waals surface area contributed by atoms with E-state index in [1.54, 1.807) is 6.92 Å². The molecule has 5 rings (SSSR count).